The molecule has 2 rings (SSSR count). The van der Waals surface area contributed by atoms with Gasteiger partial charge in [-0.1, -0.05) is 0 Å². The minimum absolute atomic E-state index is 0.0153. The summed E-state index contributed by atoms with van der Waals surface area (Å²) in [5, 5.41) is 3.44. The van der Waals surface area contributed by atoms with Gasteiger partial charge in [-0.05, 0) is 45.4 Å². The summed E-state index contributed by atoms with van der Waals surface area (Å²) in [6.07, 6.45) is 4.38. The van der Waals surface area contributed by atoms with Gasteiger partial charge in [-0.2, -0.15) is 0 Å². The van der Waals surface area contributed by atoms with Crippen molar-refractivity contribution < 1.29 is 14.3 Å². The Morgan fingerprint density at radius 1 is 1.42 bits per heavy atom. The number of primary amides is 1. The van der Waals surface area contributed by atoms with Crippen molar-refractivity contribution in [3.8, 4) is 0 Å². The summed E-state index contributed by atoms with van der Waals surface area (Å²) in [7, 11) is 0. The molecule has 2 aliphatic carbocycles. The van der Waals surface area contributed by atoms with Crippen LogP contribution < -0.4 is 11.1 Å². The molecule has 0 bridgehead atoms. The van der Waals surface area contributed by atoms with Crippen LogP contribution in [0.2, 0.25) is 0 Å². The maximum absolute atomic E-state index is 11.9. The number of rotatable bonds is 10. The monoisotopic (exact) mass is 270 g/mol. The van der Waals surface area contributed by atoms with E-state index >= 15 is 0 Å². The highest BCUT2D eigenvalue weighted by Gasteiger charge is 2.52. The van der Waals surface area contributed by atoms with Gasteiger partial charge in [0.05, 0.1) is 19.3 Å². The van der Waals surface area contributed by atoms with Crippen LogP contribution in [0.3, 0.4) is 0 Å². The van der Waals surface area contributed by atoms with Crippen LogP contribution in [0.25, 0.3) is 0 Å². The van der Waals surface area contributed by atoms with E-state index in [0.717, 1.165) is 25.7 Å². The van der Waals surface area contributed by atoms with E-state index in [4.69, 9.17) is 15.2 Å². The molecule has 0 heterocycles. The van der Waals surface area contributed by atoms with Gasteiger partial charge in [0.2, 0.25) is 5.91 Å². The molecule has 2 aliphatic rings. The lowest BCUT2D eigenvalue weighted by atomic mass is 9.93. The van der Waals surface area contributed by atoms with Crippen LogP contribution in [0.1, 0.15) is 39.5 Å². The molecule has 0 saturated heterocycles. The molecule has 110 valence electrons. The van der Waals surface area contributed by atoms with Crippen molar-refractivity contribution >= 4 is 5.91 Å². The minimum atomic E-state index is -0.665. The Morgan fingerprint density at radius 2 is 2.11 bits per heavy atom. The molecule has 2 saturated carbocycles. The fourth-order valence-corrected chi connectivity index (χ4v) is 2.39. The highest BCUT2D eigenvalue weighted by atomic mass is 16.5. The number of nitrogens with two attached hydrogens (primary N) is 1. The Balaban J connectivity index is 1.90. The first-order chi connectivity index (χ1) is 9.08. The fourth-order valence-electron chi connectivity index (χ4n) is 2.39. The van der Waals surface area contributed by atoms with Crippen LogP contribution in [-0.4, -0.2) is 43.4 Å². The number of amides is 1. The number of ether oxygens (including phenoxy) is 2. The van der Waals surface area contributed by atoms with Gasteiger partial charge in [0.1, 0.15) is 5.54 Å². The van der Waals surface area contributed by atoms with E-state index in [1.165, 1.54) is 0 Å². The van der Waals surface area contributed by atoms with Crippen LogP contribution in [-0.2, 0) is 14.3 Å². The van der Waals surface area contributed by atoms with Crippen molar-refractivity contribution in [2.24, 2.45) is 11.7 Å². The number of carbonyl (C=O) groups is 1. The maximum Gasteiger partial charge on any atom is 0.240 e. The molecule has 0 aliphatic heterocycles. The smallest absolute Gasteiger partial charge is 0.240 e. The summed E-state index contributed by atoms with van der Waals surface area (Å²) in [4.78, 5) is 11.9. The first-order valence-electron chi connectivity index (χ1n) is 7.35. The average molecular weight is 270 g/mol. The average Bonchev–Trinajstić information content (AvgIpc) is 3.24. The molecule has 5 nitrogen and oxygen atoms in total. The number of hydrogen-bond donors (Lipinski definition) is 2. The van der Waals surface area contributed by atoms with Gasteiger partial charge in [-0.15, -0.1) is 0 Å². The van der Waals surface area contributed by atoms with E-state index in [1.54, 1.807) is 0 Å². The second-order valence-corrected chi connectivity index (χ2v) is 5.81. The van der Waals surface area contributed by atoms with Gasteiger partial charge >= 0.3 is 0 Å². The third-order valence-electron chi connectivity index (χ3n) is 3.91. The van der Waals surface area contributed by atoms with Gasteiger partial charge < -0.3 is 15.2 Å². The molecular weight excluding hydrogens is 244 g/mol. The van der Waals surface area contributed by atoms with E-state index in [-0.39, 0.29) is 12.0 Å². The zero-order valence-corrected chi connectivity index (χ0v) is 12.0. The maximum atomic E-state index is 11.9. The van der Waals surface area contributed by atoms with Crippen LogP contribution >= 0.6 is 0 Å². The molecule has 0 aromatic rings. The summed E-state index contributed by atoms with van der Waals surface area (Å²) in [5.41, 5.74) is 5.00. The molecule has 2 fully saturated rings. The van der Waals surface area contributed by atoms with Crippen molar-refractivity contribution in [2.75, 3.05) is 19.8 Å². The predicted octanol–water partition coefficient (Wildman–Crippen LogP) is 0.814. The first-order valence-corrected chi connectivity index (χ1v) is 7.35. The minimum Gasteiger partial charge on any atom is -0.379 e. The van der Waals surface area contributed by atoms with Crippen LogP contribution in [0.5, 0.6) is 0 Å². The molecule has 2 unspecified atom stereocenters. The standard InChI is InChI=1S/C14H26N2O3/c1-3-18-8-10(2)19-9-14(13(15)17,11-4-5-11)16-12-6-7-12/h10-12,16H,3-9H2,1-2H3,(H2,15,17). The van der Waals surface area contributed by atoms with E-state index < -0.39 is 5.54 Å². The molecular formula is C14H26N2O3. The van der Waals surface area contributed by atoms with Gasteiger partial charge in [0.25, 0.3) is 0 Å². The predicted molar refractivity (Wildman–Crippen MR) is 72.7 cm³/mol. The van der Waals surface area contributed by atoms with E-state index in [2.05, 4.69) is 5.32 Å². The second-order valence-electron chi connectivity index (χ2n) is 5.81. The molecule has 1 amide bonds. The van der Waals surface area contributed by atoms with Gasteiger partial charge in [0, 0.05) is 12.6 Å². The van der Waals surface area contributed by atoms with Crippen molar-refractivity contribution in [2.45, 2.75) is 57.2 Å². The molecule has 19 heavy (non-hydrogen) atoms. The number of hydrogen-bond acceptors (Lipinski definition) is 4. The summed E-state index contributed by atoms with van der Waals surface area (Å²) in [5.74, 6) is 0.0652. The third-order valence-corrected chi connectivity index (χ3v) is 3.91. The molecule has 0 radical (unpaired) electrons. The van der Waals surface area contributed by atoms with Crippen molar-refractivity contribution in [1.29, 1.82) is 0 Å². The van der Waals surface area contributed by atoms with Crippen molar-refractivity contribution in [3.05, 3.63) is 0 Å². The lowest BCUT2D eigenvalue weighted by Gasteiger charge is -2.33. The second kappa shape index (κ2) is 6.20. The molecule has 0 aromatic carbocycles. The largest absolute Gasteiger partial charge is 0.379 e. The Labute approximate surface area is 115 Å². The highest BCUT2D eigenvalue weighted by molar-refractivity contribution is 5.86. The zero-order chi connectivity index (χ0) is 13.9. The first kappa shape index (κ1) is 14.8. The highest BCUT2D eigenvalue weighted by Crippen LogP contribution is 2.41. The van der Waals surface area contributed by atoms with E-state index in [9.17, 15) is 4.79 Å². The normalized spacial score (nSPS) is 23.9. The molecule has 5 heteroatoms. The molecule has 3 N–H and O–H groups in total. The quantitative estimate of drug-likeness (QED) is 0.616. The Bertz CT molecular complexity index is 316. The van der Waals surface area contributed by atoms with Gasteiger partial charge in [-0.3, -0.25) is 10.1 Å². The zero-order valence-electron chi connectivity index (χ0n) is 12.0. The van der Waals surface area contributed by atoms with Crippen LogP contribution in [0.4, 0.5) is 0 Å². The summed E-state index contributed by atoms with van der Waals surface area (Å²) >= 11 is 0. The molecule has 0 aromatic heterocycles. The van der Waals surface area contributed by atoms with Crippen LogP contribution in [0.15, 0.2) is 0 Å². The van der Waals surface area contributed by atoms with E-state index in [0.29, 0.717) is 31.8 Å². The fraction of sp³-hybridized carbons (Fsp3) is 0.929. The summed E-state index contributed by atoms with van der Waals surface area (Å²) < 4.78 is 11.1. The Morgan fingerprint density at radius 3 is 2.58 bits per heavy atom. The van der Waals surface area contributed by atoms with Crippen LogP contribution in [0, 0.1) is 5.92 Å². The summed E-state index contributed by atoms with van der Waals surface area (Å²) in [6, 6.07) is 0.443. The summed E-state index contributed by atoms with van der Waals surface area (Å²) in [6.45, 7) is 5.51. The molecule has 0 spiro atoms. The van der Waals surface area contributed by atoms with Gasteiger partial charge in [0.15, 0.2) is 0 Å². The van der Waals surface area contributed by atoms with Crippen molar-refractivity contribution in [3.63, 3.8) is 0 Å². The number of carbonyl (C=O) groups excluding carboxylic acids is 1. The lowest BCUT2D eigenvalue weighted by Crippen LogP contribution is -2.61. The number of nitrogens with one attached hydrogen (secondary N) is 1. The van der Waals surface area contributed by atoms with E-state index in [1.807, 2.05) is 13.8 Å². The topological polar surface area (TPSA) is 73.6 Å². The molecule has 2 atom stereocenters. The third kappa shape index (κ3) is 3.91. The van der Waals surface area contributed by atoms with Gasteiger partial charge in [-0.25, -0.2) is 0 Å². The van der Waals surface area contributed by atoms with Crippen molar-refractivity contribution in [1.82, 2.24) is 5.32 Å². The Hall–Kier alpha value is -0.650. The lowest BCUT2D eigenvalue weighted by molar-refractivity contribution is -0.130. The SMILES string of the molecule is CCOCC(C)OCC(NC1CC1)(C(N)=O)C1CC1. The Kier molecular flexibility index (Phi) is 4.81.